The van der Waals surface area contributed by atoms with Crippen LogP contribution in [0.5, 0.6) is 0 Å². The monoisotopic (exact) mass is 162 g/mol. The van der Waals surface area contributed by atoms with Gasteiger partial charge in [0.15, 0.2) is 0 Å². The molecule has 0 fully saturated rings. The van der Waals surface area contributed by atoms with E-state index in [1.54, 1.807) is 0 Å². The van der Waals surface area contributed by atoms with Gasteiger partial charge < -0.3 is 0 Å². The molecular weight excluding hydrogens is 144 g/mol. The molecule has 0 saturated carbocycles. The van der Waals surface area contributed by atoms with Crippen LogP contribution in [0.15, 0.2) is 60.5 Å². The first kappa shape index (κ1) is 2.46. The lowest BCUT2D eigenvalue weighted by molar-refractivity contribution is 1.62. The van der Waals surface area contributed by atoms with E-state index in [4.69, 9.17) is 11.0 Å². The Morgan fingerprint density at radius 1 is 0.750 bits per heavy atom. The Hall–Kier alpha value is -1.56. The molecule has 0 aromatic heterocycles. The maximum absolute atomic E-state index is 7.83. The van der Waals surface area contributed by atoms with Gasteiger partial charge in [0.1, 0.15) is 0 Å². The quantitative estimate of drug-likeness (QED) is 0.603. The second-order valence-electron chi connectivity index (χ2n) is 2.14. The number of benzene rings is 2. The van der Waals surface area contributed by atoms with Crippen LogP contribution in [0.1, 0.15) is 11.0 Å². The third-order valence-electron chi connectivity index (χ3n) is 1.37. The first-order valence-electron chi connectivity index (χ1n) is 7.41. The summed E-state index contributed by atoms with van der Waals surface area (Å²) in [5.41, 5.74) is -0.0579. The van der Waals surface area contributed by atoms with Gasteiger partial charge >= 0.3 is 0 Å². The highest BCUT2D eigenvalue weighted by Crippen LogP contribution is 2.17. The van der Waals surface area contributed by atoms with E-state index >= 15 is 0 Å². The van der Waals surface area contributed by atoms with Crippen molar-refractivity contribution in [3.63, 3.8) is 0 Å². The van der Waals surface area contributed by atoms with Gasteiger partial charge in [-0.2, -0.15) is 0 Å². The van der Waals surface area contributed by atoms with Crippen molar-refractivity contribution >= 4 is 0 Å². The Balaban J connectivity index is 2.87. The molecule has 12 heavy (non-hydrogen) atoms. The van der Waals surface area contributed by atoms with Gasteiger partial charge in [0.2, 0.25) is 0 Å². The van der Waals surface area contributed by atoms with Gasteiger partial charge in [-0.25, -0.2) is 0 Å². The summed E-state index contributed by atoms with van der Waals surface area (Å²) in [7, 11) is 0. The number of hydrogen-bond donors (Lipinski definition) is 0. The molecule has 0 nitrogen and oxygen atoms in total. The van der Waals surface area contributed by atoms with Crippen LogP contribution >= 0.6 is 0 Å². The van der Waals surface area contributed by atoms with E-state index in [-0.39, 0.29) is 29.3 Å². The van der Waals surface area contributed by atoms with Gasteiger partial charge in [0.05, 0.1) is 11.0 Å². The first-order chi connectivity index (χ1) is 9.27. The molecule has 0 atom stereocenters. The van der Waals surface area contributed by atoms with Gasteiger partial charge in [-0.3, -0.25) is 0 Å². The maximum Gasteiger partial charge on any atom is 0.0629 e. The molecule has 58 valence electrons. The normalized spacial score (nSPS) is 19.0. The minimum atomic E-state index is -0.501. The molecule has 0 radical (unpaired) electrons. The maximum atomic E-state index is 7.83. The van der Waals surface area contributed by atoms with Crippen LogP contribution in [0, 0.1) is 0 Å². The molecule has 0 heterocycles. The standard InChI is InChI=1S/C12H10/c1-3-7-11(8-4-1)12-9-5-2-6-10-12/h1-10H/i1D,2D,3D,4D,5D,7D,8D,9D. The summed E-state index contributed by atoms with van der Waals surface area (Å²) < 4.78 is 61.2. The SMILES string of the molecule is [2H]c1ccc(-c2c([2H])c([2H])c([2H])c([2H])c2[2H])c([2H])c1[2H]. The van der Waals surface area contributed by atoms with Gasteiger partial charge in [-0.05, 0) is 11.1 Å². The van der Waals surface area contributed by atoms with Crippen LogP contribution in [0.3, 0.4) is 0 Å². The summed E-state index contributed by atoms with van der Waals surface area (Å²) in [5.74, 6) is 0. The van der Waals surface area contributed by atoms with Crippen molar-refractivity contribution < 1.29 is 11.0 Å². The number of rotatable bonds is 1. The Bertz CT molecular complexity index is 678. The second kappa shape index (κ2) is 3.22. The predicted octanol–water partition coefficient (Wildman–Crippen LogP) is 3.35. The molecule has 0 heteroatoms. The lowest BCUT2D eigenvalue weighted by Gasteiger charge is -1.98. The molecule has 0 spiro atoms. The summed E-state index contributed by atoms with van der Waals surface area (Å²) in [6, 6.07) is -0.505. The molecule has 2 aromatic carbocycles. The van der Waals surface area contributed by atoms with E-state index in [1.807, 2.05) is 0 Å². The van der Waals surface area contributed by atoms with E-state index in [2.05, 4.69) is 0 Å². The zero-order valence-electron chi connectivity index (χ0n) is 14.2. The van der Waals surface area contributed by atoms with Crippen molar-refractivity contribution in [3.05, 3.63) is 60.5 Å². The highest BCUT2D eigenvalue weighted by Gasteiger charge is 1.91. The van der Waals surface area contributed by atoms with Crippen molar-refractivity contribution in [2.75, 3.05) is 0 Å². The van der Waals surface area contributed by atoms with Crippen LogP contribution in [-0.4, -0.2) is 0 Å². The van der Waals surface area contributed by atoms with Crippen molar-refractivity contribution in [2.24, 2.45) is 0 Å². The zero-order valence-corrected chi connectivity index (χ0v) is 6.15. The fourth-order valence-electron chi connectivity index (χ4n) is 0.842. The van der Waals surface area contributed by atoms with Gasteiger partial charge in [0, 0.05) is 0 Å². The van der Waals surface area contributed by atoms with E-state index in [1.165, 1.54) is 12.1 Å². The van der Waals surface area contributed by atoms with Crippen molar-refractivity contribution in [1.29, 1.82) is 0 Å². The molecule has 2 rings (SSSR count). The Morgan fingerprint density at radius 3 is 2.25 bits per heavy atom. The smallest absolute Gasteiger partial charge is 0.0622 e. The summed E-state index contributed by atoms with van der Waals surface area (Å²) in [6.07, 6.45) is 0. The molecule has 0 amide bonds. The minimum Gasteiger partial charge on any atom is -0.0622 e. The van der Waals surface area contributed by atoms with E-state index < -0.39 is 30.2 Å². The molecule has 0 aliphatic rings. The van der Waals surface area contributed by atoms with Gasteiger partial charge in [0.25, 0.3) is 0 Å². The molecule has 0 unspecified atom stereocenters. The van der Waals surface area contributed by atoms with E-state index in [9.17, 15) is 0 Å². The molecule has 0 saturated heterocycles. The largest absolute Gasteiger partial charge is 0.0629 e. The first-order valence-corrected chi connectivity index (χ1v) is 3.41. The summed E-state index contributed by atoms with van der Waals surface area (Å²) >= 11 is 0. The lowest BCUT2D eigenvalue weighted by Crippen LogP contribution is -1.73. The van der Waals surface area contributed by atoms with Crippen LogP contribution in [0.2, 0.25) is 0 Å². The van der Waals surface area contributed by atoms with Crippen LogP contribution in [0.25, 0.3) is 11.1 Å². The van der Waals surface area contributed by atoms with Crippen LogP contribution in [0.4, 0.5) is 0 Å². The Labute approximate surface area is 83.7 Å². The summed E-state index contributed by atoms with van der Waals surface area (Å²) in [5, 5.41) is 0. The second-order valence-corrected chi connectivity index (χ2v) is 2.14. The molecule has 0 aliphatic heterocycles. The molecule has 0 N–H and O–H groups in total. The Morgan fingerprint density at radius 2 is 1.42 bits per heavy atom. The van der Waals surface area contributed by atoms with Crippen molar-refractivity contribution in [2.45, 2.75) is 0 Å². The lowest BCUT2D eigenvalue weighted by atomic mass is 10.1. The van der Waals surface area contributed by atoms with Crippen molar-refractivity contribution in [1.82, 2.24) is 0 Å². The molecule has 0 bridgehead atoms. The van der Waals surface area contributed by atoms with Crippen LogP contribution < -0.4 is 0 Å². The summed E-state index contributed by atoms with van der Waals surface area (Å²) in [4.78, 5) is 0. The average molecular weight is 162 g/mol. The van der Waals surface area contributed by atoms with Crippen LogP contribution in [-0.2, 0) is 0 Å². The highest BCUT2D eigenvalue weighted by atomic mass is 14.0. The third-order valence-corrected chi connectivity index (χ3v) is 1.37. The van der Waals surface area contributed by atoms with Gasteiger partial charge in [-0.1, -0.05) is 60.5 Å². The van der Waals surface area contributed by atoms with Crippen molar-refractivity contribution in [3.8, 4) is 11.1 Å². The zero-order chi connectivity index (χ0) is 15.2. The van der Waals surface area contributed by atoms with E-state index in [0.29, 0.717) is 0 Å². The fraction of sp³-hybridized carbons (Fsp3) is 0. The third kappa shape index (κ3) is 1.37. The van der Waals surface area contributed by atoms with E-state index in [0.717, 1.165) is 0 Å². The van der Waals surface area contributed by atoms with Gasteiger partial charge in [-0.15, -0.1) is 0 Å². The number of hydrogen-bond acceptors (Lipinski definition) is 0. The summed E-state index contributed by atoms with van der Waals surface area (Å²) in [6.45, 7) is 0. The highest BCUT2D eigenvalue weighted by molar-refractivity contribution is 5.62. The fourth-order valence-corrected chi connectivity index (χ4v) is 0.842. The molecular formula is C12H10. The topological polar surface area (TPSA) is 0 Å². The predicted molar refractivity (Wildman–Crippen MR) is 51.9 cm³/mol. The molecule has 0 aliphatic carbocycles. The Kier molecular flexibility index (Phi) is 0.662. The minimum absolute atomic E-state index is 0.0583. The average Bonchev–Trinajstić information content (AvgIpc) is 2.43. The molecule has 2 aromatic rings.